The Hall–Kier alpha value is -2.28. The molecule has 0 fully saturated rings. The Morgan fingerprint density at radius 1 is 1.26 bits per heavy atom. The van der Waals surface area contributed by atoms with E-state index in [-0.39, 0.29) is 11.0 Å². The summed E-state index contributed by atoms with van der Waals surface area (Å²) >= 11 is 5.52. The third-order valence-corrected chi connectivity index (χ3v) is 2.39. The van der Waals surface area contributed by atoms with Crippen molar-refractivity contribution in [3.05, 3.63) is 46.6 Å². The van der Waals surface area contributed by atoms with Crippen LogP contribution in [0.4, 0.5) is 20.3 Å². The molecule has 1 heterocycles. The largest absolute Gasteiger partial charge is 0.396 e. The average Bonchev–Trinajstić information content (AvgIpc) is 2.36. The molecule has 98 valence electrons. The zero-order valence-electron chi connectivity index (χ0n) is 9.32. The quantitative estimate of drug-likeness (QED) is 0.829. The molecule has 3 N–H and O–H groups in total. The van der Waals surface area contributed by atoms with Crippen LogP contribution in [0.25, 0.3) is 0 Å². The molecule has 0 radical (unpaired) electrons. The number of anilines is 2. The Labute approximate surface area is 111 Å². The summed E-state index contributed by atoms with van der Waals surface area (Å²) in [4.78, 5) is 11.8. The summed E-state index contributed by atoms with van der Waals surface area (Å²) in [5, 5.41) is 9.43. The number of rotatable bonds is 2. The van der Waals surface area contributed by atoms with Crippen LogP contribution in [0.1, 0.15) is 10.4 Å². The maximum Gasteiger partial charge on any atom is 0.260 e. The monoisotopic (exact) mass is 284 g/mol. The van der Waals surface area contributed by atoms with Gasteiger partial charge in [0.25, 0.3) is 5.91 Å². The summed E-state index contributed by atoms with van der Waals surface area (Å²) in [5.41, 5.74) is 4.26. The standard InChI is InChI=1S/C11H7ClF2N4O/c12-8-1-2-9(18-17-8)16-11(19)6-3-5(13)4-7(15)10(6)14/h1-4H,15H2,(H,16,18,19). The van der Waals surface area contributed by atoms with Gasteiger partial charge in [0, 0.05) is 0 Å². The van der Waals surface area contributed by atoms with Gasteiger partial charge in [-0.15, -0.1) is 10.2 Å². The van der Waals surface area contributed by atoms with Crippen molar-refractivity contribution in [2.24, 2.45) is 0 Å². The van der Waals surface area contributed by atoms with Crippen LogP contribution in [-0.4, -0.2) is 16.1 Å². The van der Waals surface area contributed by atoms with Gasteiger partial charge in [-0.2, -0.15) is 0 Å². The second kappa shape index (κ2) is 5.15. The van der Waals surface area contributed by atoms with E-state index in [2.05, 4.69) is 15.5 Å². The first-order chi connectivity index (χ1) is 8.97. The Bertz CT molecular complexity index is 633. The number of carbonyl (C=O) groups is 1. The predicted octanol–water partition coefficient (Wildman–Crippen LogP) is 2.24. The second-order valence-corrected chi connectivity index (χ2v) is 3.94. The van der Waals surface area contributed by atoms with Crippen molar-refractivity contribution < 1.29 is 13.6 Å². The number of hydrogen-bond donors (Lipinski definition) is 2. The summed E-state index contributed by atoms with van der Waals surface area (Å²) in [6.45, 7) is 0. The summed E-state index contributed by atoms with van der Waals surface area (Å²) in [6, 6.07) is 4.28. The highest BCUT2D eigenvalue weighted by molar-refractivity contribution is 6.29. The molecule has 1 aromatic carbocycles. The van der Waals surface area contributed by atoms with Crippen LogP contribution >= 0.6 is 11.6 Å². The average molecular weight is 285 g/mol. The van der Waals surface area contributed by atoms with Crippen LogP contribution in [-0.2, 0) is 0 Å². The number of nitrogen functional groups attached to an aromatic ring is 1. The molecule has 1 amide bonds. The molecule has 0 atom stereocenters. The zero-order chi connectivity index (χ0) is 14.0. The topological polar surface area (TPSA) is 80.9 Å². The van der Waals surface area contributed by atoms with Crippen LogP contribution < -0.4 is 11.1 Å². The number of aromatic nitrogens is 2. The van der Waals surface area contributed by atoms with Gasteiger partial charge >= 0.3 is 0 Å². The third-order valence-electron chi connectivity index (χ3n) is 2.18. The van der Waals surface area contributed by atoms with Gasteiger partial charge in [-0.1, -0.05) is 11.6 Å². The molecule has 0 saturated carbocycles. The van der Waals surface area contributed by atoms with Crippen molar-refractivity contribution in [3.63, 3.8) is 0 Å². The fraction of sp³-hybridized carbons (Fsp3) is 0. The normalized spacial score (nSPS) is 10.3. The van der Waals surface area contributed by atoms with Crippen molar-refractivity contribution in [1.29, 1.82) is 0 Å². The predicted molar refractivity (Wildman–Crippen MR) is 65.8 cm³/mol. The number of benzene rings is 1. The molecule has 0 saturated heterocycles. The number of amides is 1. The van der Waals surface area contributed by atoms with Crippen molar-refractivity contribution in [2.45, 2.75) is 0 Å². The minimum atomic E-state index is -0.999. The lowest BCUT2D eigenvalue weighted by Gasteiger charge is -2.06. The minimum absolute atomic E-state index is 0.0524. The van der Waals surface area contributed by atoms with Crippen molar-refractivity contribution in [2.75, 3.05) is 11.1 Å². The Morgan fingerprint density at radius 2 is 2.00 bits per heavy atom. The van der Waals surface area contributed by atoms with E-state index in [0.717, 1.165) is 12.1 Å². The molecule has 2 rings (SSSR count). The lowest BCUT2D eigenvalue weighted by molar-refractivity contribution is 0.102. The van der Waals surface area contributed by atoms with E-state index < -0.39 is 28.8 Å². The molecular formula is C11H7ClF2N4O. The highest BCUT2D eigenvalue weighted by atomic mass is 35.5. The molecule has 0 spiro atoms. The van der Waals surface area contributed by atoms with Crippen LogP contribution in [0.2, 0.25) is 5.15 Å². The van der Waals surface area contributed by atoms with E-state index in [4.69, 9.17) is 17.3 Å². The lowest BCUT2D eigenvalue weighted by Crippen LogP contribution is -2.16. The third kappa shape index (κ3) is 2.94. The van der Waals surface area contributed by atoms with E-state index in [1.807, 2.05) is 0 Å². The number of nitrogens with zero attached hydrogens (tertiary/aromatic N) is 2. The molecule has 0 aliphatic carbocycles. The first-order valence-electron chi connectivity index (χ1n) is 5.02. The van der Waals surface area contributed by atoms with E-state index >= 15 is 0 Å². The SMILES string of the molecule is Nc1cc(F)cc(C(=O)Nc2ccc(Cl)nn2)c1F. The van der Waals surface area contributed by atoms with Gasteiger partial charge in [-0.05, 0) is 24.3 Å². The summed E-state index contributed by atoms with van der Waals surface area (Å²) in [5.74, 6) is -2.65. The van der Waals surface area contributed by atoms with E-state index in [0.29, 0.717) is 0 Å². The molecule has 0 aliphatic heterocycles. The molecule has 2 aromatic rings. The lowest BCUT2D eigenvalue weighted by atomic mass is 10.1. The van der Waals surface area contributed by atoms with E-state index in [1.165, 1.54) is 12.1 Å². The fourth-order valence-corrected chi connectivity index (χ4v) is 1.44. The van der Waals surface area contributed by atoms with Gasteiger partial charge in [0.05, 0.1) is 11.3 Å². The summed E-state index contributed by atoms with van der Waals surface area (Å²) in [6.07, 6.45) is 0. The van der Waals surface area contributed by atoms with Crippen LogP contribution in [0.5, 0.6) is 0 Å². The summed E-state index contributed by atoms with van der Waals surface area (Å²) in [7, 11) is 0. The number of nitrogens with one attached hydrogen (secondary N) is 1. The molecule has 0 bridgehead atoms. The highest BCUT2D eigenvalue weighted by Gasteiger charge is 2.16. The van der Waals surface area contributed by atoms with Crippen molar-refractivity contribution in [3.8, 4) is 0 Å². The van der Waals surface area contributed by atoms with Gasteiger partial charge < -0.3 is 11.1 Å². The molecule has 8 heteroatoms. The van der Waals surface area contributed by atoms with Gasteiger partial charge in [0.2, 0.25) is 0 Å². The van der Waals surface area contributed by atoms with Gasteiger partial charge in [-0.3, -0.25) is 4.79 Å². The first kappa shape index (κ1) is 13.2. The molecule has 1 aromatic heterocycles. The molecule has 0 unspecified atom stereocenters. The summed E-state index contributed by atoms with van der Waals surface area (Å²) < 4.78 is 26.7. The maximum absolute atomic E-state index is 13.6. The second-order valence-electron chi connectivity index (χ2n) is 3.55. The number of carbonyl (C=O) groups excluding carboxylic acids is 1. The zero-order valence-corrected chi connectivity index (χ0v) is 10.1. The molecule has 0 aliphatic rings. The number of halogens is 3. The van der Waals surface area contributed by atoms with Crippen LogP contribution in [0, 0.1) is 11.6 Å². The number of nitrogens with two attached hydrogens (primary N) is 1. The van der Waals surface area contributed by atoms with Gasteiger partial charge in [0.15, 0.2) is 16.8 Å². The molecule has 5 nitrogen and oxygen atoms in total. The first-order valence-corrected chi connectivity index (χ1v) is 5.40. The van der Waals surface area contributed by atoms with Crippen molar-refractivity contribution >= 4 is 29.0 Å². The highest BCUT2D eigenvalue weighted by Crippen LogP contribution is 2.18. The Kier molecular flexibility index (Phi) is 3.57. The van der Waals surface area contributed by atoms with Crippen LogP contribution in [0.15, 0.2) is 24.3 Å². The van der Waals surface area contributed by atoms with E-state index in [1.54, 1.807) is 0 Å². The molecular weight excluding hydrogens is 278 g/mol. The smallest absolute Gasteiger partial charge is 0.260 e. The van der Waals surface area contributed by atoms with E-state index in [9.17, 15) is 13.6 Å². The number of hydrogen-bond acceptors (Lipinski definition) is 4. The van der Waals surface area contributed by atoms with Crippen molar-refractivity contribution in [1.82, 2.24) is 10.2 Å². The Morgan fingerprint density at radius 3 is 2.63 bits per heavy atom. The fourth-order valence-electron chi connectivity index (χ4n) is 1.34. The molecule has 19 heavy (non-hydrogen) atoms. The van der Waals surface area contributed by atoms with Gasteiger partial charge in [0.1, 0.15) is 5.82 Å². The minimum Gasteiger partial charge on any atom is -0.396 e. The van der Waals surface area contributed by atoms with Crippen LogP contribution in [0.3, 0.4) is 0 Å². The Balaban J connectivity index is 2.27. The maximum atomic E-state index is 13.6. The van der Waals surface area contributed by atoms with Gasteiger partial charge in [-0.25, -0.2) is 8.78 Å².